The number of carbonyl (C=O) groups excluding carboxylic acids is 2. The highest BCUT2D eigenvalue weighted by molar-refractivity contribution is 7.98. The van der Waals surface area contributed by atoms with E-state index in [1.54, 1.807) is 23.9 Å². The molecule has 1 aliphatic heterocycles. The van der Waals surface area contributed by atoms with E-state index in [9.17, 15) is 9.59 Å². The van der Waals surface area contributed by atoms with E-state index in [1.165, 1.54) is 6.07 Å². The number of rotatable bonds is 9. The van der Waals surface area contributed by atoms with Gasteiger partial charge in [0.2, 0.25) is 5.91 Å². The lowest BCUT2D eigenvalue weighted by atomic mass is 10.1. The minimum Gasteiger partial charge on any atom is -0.379 e. The number of nitrogens with zero attached hydrogens (tertiary/aromatic N) is 1. The Bertz CT molecular complexity index is 938. The van der Waals surface area contributed by atoms with Gasteiger partial charge in [-0.25, -0.2) is 0 Å². The van der Waals surface area contributed by atoms with E-state index in [-0.39, 0.29) is 16.5 Å². The van der Waals surface area contributed by atoms with Crippen LogP contribution in [0.3, 0.4) is 0 Å². The molecule has 0 aliphatic carbocycles. The molecule has 0 spiro atoms. The van der Waals surface area contributed by atoms with Gasteiger partial charge in [-0.2, -0.15) is 11.8 Å². The Balaban J connectivity index is 1.66. The first-order chi connectivity index (χ1) is 15.5. The number of thioether (sulfide) groups is 1. The highest BCUT2D eigenvalue weighted by Crippen LogP contribution is 2.21. The van der Waals surface area contributed by atoms with Gasteiger partial charge in [0.25, 0.3) is 5.91 Å². The van der Waals surface area contributed by atoms with Crippen molar-refractivity contribution in [2.24, 2.45) is 0 Å². The van der Waals surface area contributed by atoms with Crippen LogP contribution in [0.4, 0.5) is 5.69 Å². The Morgan fingerprint density at radius 2 is 1.94 bits per heavy atom. The van der Waals surface area contributed by atoms with E-state index in [0.29, 0.717) is 17.1 Å². The number of anilines is 1. The van der Waals surface area contributed by atoms with Gasteiger partial charge in [0.05, 0.1) is 23.8 Å². The fourth-order valence-electron chi connectivity index (χ4n) is 3.41. The van der Waals surface area contributed by atoms with Crippen molar-refractivity contribution in [2.75, 3.05) is 43.6 Å². The largest absolute Gasteiger partial charge is 0.379 e. The topological polar surface area (TPSA) is 70.7 Å². The number of ether oxygens (including phenoxy) is 1. The first-order valence-corrected chi connectivity index (χ1v) is 12.6. The van der Waals surface area contributed by atoms with Crippen LogP contribution in [0.1, 0.15) is 22.3 Å². The molecule has 6 nitrogen and oxygen atoms in total. The van der Waals surface area contributed by atoms with Crippen molar-refractivity contribution in [3.05, 3.63) is 63.6 Å². The molecule has 1 unspecified atom stereocenters. The van der Waals surface area contributed by atoms with Gasteiger partial charge in [0, 0.05) is 30.3 Å². The van der Waals surface area contributed by atoms with Crippen LogP contribution in [0, 0.1) is 0 Å². The smallest absolute Gasteiger partial charge is 0.253 e. The van der Waals surface area contributed by atoms with Crippen LogP contribution >= 0.6 is 35.0 Å². The fraction of sp³-hybridized carbons (Fsp3) is 0.391. The Hall–Kier alpha value is -1.77. The Morgan fingerprint density at radius 1 is 1.16 bits per heavy atom. The van der Waals surface area contributed by atoms with Crippen LogP contribution in [0.25, 0.3) is 0 Å². The van der Waals surface area contributed by atoms with Crippen LogP contribution in [-0.2, 0) is 16.1 Å². The highest BCUT2D eigenvalue weighted by atomic mass is 35.5. The first-order valence-electron chi connectivity index (χ1n) is 10.4. The molecule has 2 N–H and O–H groups in total. The van der Waals surface area contributed by atoms with Crippen molar-refractivity contribution in [3.8, 4) is 0 Å². The molecular weight excluding hydrogens is 469 g/mol. The van der Waals surface area contributed by atoms with Gasteiger partial charge in [0.15, 0.2) is 0 Å². The number of benzene rings is 2. The summed E-state index contributed by atoms with van der Waals surface area (Å²) in [5.41, 5.74) is 2.10. The third-order valence-electron chi connectivity index (χ3n) is 5.11. The number of carbonyl (C=O) groups is 2. The predicted octanol–water partition coefficient (Wildman–Crippen LogP) is 4.32. The Labute approximate surface area is 203 Å². The summed E-state index contributed by atoms with van der Waals surface area (Å²) >= 11 is 13.7. The second-order valence-corrected chi connectivity index (χ2v) is 9.34. The molecule has 1 atom stereocenters. The van der Waals surface area contributed by atoms with Crippen molar-refractivity contribution >= 4 is 52.5 Å². The molecule has 1 heterocycles. The quantitative estimate of drug-likeness (QED) is 0.542. The van der Waals surface area contributed by atoms with E-state index >= 15 is 0 Å². The highest BCUT2D eigenvalue weighted by Gasteiger charge is 2.23. The number of nitrogens with one attached hydrogen (secondary N) is 2. The molecule has 2 aromatic rings. The average molecular weight is 496 g/mol. The summed E-state index contributed by atoms with van der Waals surface area (Å²) in [5, 5.41) is 6.45. The summed E-state index contributed by atoms with van der Waals surface area (Å²) < 4.78 is 5.40. The van der Waals surface area contributed by atoms with Crippen LogP contribution in [0.5, 0.6) is 0 Å². The van der Waals surface area contributed by atoms with Gasteiger partial charge >= 0.3 is 0 Å². The Morgan fingerprint density at radius 3 is 2.66 bits per heavy atom. The monoisotopic (exact) mass is 495 g/mol. The zero-order valence-corrected chi connectivity index (χ0v) is 20.2. The molecule has 0 bridgehead atoms. The molecule has 0 saturated carbocycles. The van der Waals surface area contributed by atoms with E-state index < -0.39 is 11.9 Å². The van der Waals surface area contributed by atoms with Gasteiger partial charge in [-0.15, -0.1) is 0 Å². The molecule has 172 valence electrons. The van der Waals surface area contributed by atoms with Crippen LogP contribution in [0.15, 0.2) is 42.5 Å². The second-order valence-electron chi connectivity index (χ2n) is 7.51. The van der Waals surface area contributed by atoms with Crippen molar-refractivity contribution in [1.82, 2.24) is 10.2 Å². The fourth-order valence-corrected chi connectivity index (χ4v) is 4.37. The molecule has 0 radical (unpaired) electrons. The van der Waals surface area contributed by atoms with Crippen molar-refractivity contribution in [1.29, 1.82) is 0 Å². The van der Waals surface area contributed by atoms with Gasteiger partial charge in [-0.3, -0.25) is 14.5 Å². The summed E-state index contributed by atoms with van der Waals surface area (Å²) in [6.45, 7) is 4.07. The lowest BCUT2D eigenvalue weighted by molar-refractivity contribution is -0.118. The summed E-state index contributed by atoms with van der Waals surface area (Å²) in [6, 6.07) is 11.8. The normalized spacial score (nSPS) is 15.2. The lowest BCUT2D eigenvalue weighted by Crippen LogP contribution is -2.44. The van der Waals surface area contributed by atoms with Gasteiger partial charge in [-0.1, -0.05) is 35.3 Å². The van der Waals surface area contributed by atoms with Crippen LogP contribution in [-0.4, -0.2) is 61.1 Å². The minimum atomic E-state index is -0.690. The molecule has 1 fully saturated rings. The average Bonchev–Trinajstić information content (AvgIpc) is 2.77. The minimum absolute atomic E-state index is 0.245. The third kappa shape index (κ3) is 7.39. The molecule has 1 saturated heterocycles. The van der Waals surface area contributed by atoms with E-state index in [2.05, 4.69) is 15.5 Å². The van der Waals surface area contributed by atoms with Gasteiger partial charge in [0.1, 0.15) is 6.04 Å². The summed E-state index contributed by atoms with van der Waals surface area (Å²) in [6.07, 6.45) is 2.46. The molecule has 1 aliphatic rings. The molecule has 3 rings (SSSR count). The van der Waals surface area contributed by atoms with Gasteiger partial charge < -0.3 is 15.4 Å². The van der Waals surface area contributed by atoms with Gasteiger partial charge in [-0.05, 0) is 54.3 Å². The third-order valence-corrected chi connectivity index (χ3v) is 6.30. The SMILES string of the molecule is CSCCC(NC(=O)c1ccc(Cl)cc1Cl)C(=O)Nc1cccc(CN2CCOCC2)c1. The van der Waals surface area contributed by atoms with Crippen LogP contribution in [0.2, 0.25) is 10.0 Å². The first kappa shape index (κ1) is 24.9. The second kappa shape index (κ2) is 12.5. The molecule has 2 aromatic carbocycles. The van der Waals surface area contributed by atoms with Crippen LogP contribution < -0.4 is 10.6 Å². The maximum Gasteiger partial charge on any atom is 0.253 e. The van der Waals surface area contributed by atoms with E-state index in [4.69, 9.17) is 27.9 Å². The summed E-state index contributed by atoms with van der Waals surface area (Å²) in [5.74, 6) is 0.0547. The zero-order valence-electron chi connectivity index (χ0n) is 17.9. The summed E-state index contributed by atoms with van der Waals surface area (Å²) in [4.78, 5) is 28.1. The zero-order chi connectivity index (χ0) is 22.9. The number of amides is 2. The van der Waals surface area contributed by atoms with E-state index in [1.807, 2.05) is 30.5 Å². The maximum absolute atomic E-state index is 13.0. The number of halogens is 2. The standard InChI is InChI=1S/C23H27Cl2N3O3S/c1-32-12-7-21(27-22(29)19-6-5-17(24)14-20(19)25)23(30)26-18-4-2-3-16(13-18)15-28-8-10-31-11-9-28/h2-6,13-14,21H,7-12,15H2,1H3,(H,26,30)(H,27,29). The number of morpholine rings is 1. The molecule has 9 heteroatoms. The van der Waals surface area contributed by atoms with Crippen molar-refractivity contribution in [3.63, 3.8) is 0 Å². The molecular formula is C23H27Cl2N3O3S. The predicted molar refractivity (Wildman–Crippen MR) is 132 cm³/mol. The number of hydrogen-bond acceptors (Lipinski definition) is 5. The molecule has 2 amide bonds. The van der Waals surface area contributed by atoms with E-state index in [0.717, 1.165) is 44.2 Å². The maximum atomic E-state index is 13.0. The van der Waals surface area contributed by atoms with Crippen molar-refractivity contribution in [2.45, 2.75) is 19.0 Å². The van der Waals surface area contributed by atoms with Crippen molar-refractivity contribution < 1.29 is 14.3 Å². The molecule has 0 aromatic heterocycles. The summed E-state index contributed by atoms with van der Waals surface area (Å²) in [7, 11) is 0. The lowest BCUT2D eigenvalue weighted by Gasteiger charge is -2.26. The number of hydrogen-bond donors (Lipinski definition) is 2. The molecule has 32 heavy (non-hydrogen) atoms. The Kier molecular flexibility index (Phi) is 9.69.